The van der Waals surface area contributed by atoms with Crippen LogP contribution in [0.3, 0.4) is 0 Å². The number of allylic oxidation sites excluding steroid dienone is 2. The van der Waals surface area contributed by atoms with Gasteiger partial charge >= 0.3 is 0 Å². The van der Waals surface area contributed by atoms with Crippen LogP contribution in [0.5, 0.6) is 0 Å². The second kappa shape index (κ2) is 1.87. The molecule has 0 nitrogen and oxygen atoms in total. The van der Waals surface area contributed by atoms with Gasteiger partial charge in [0.25, 0.3) is 0 Å². The zero-order chi connectivity index (χ0) is 7.19. The standard InChI is InChI=1S/C10H16/c1-8-3-4-9(2)10(7-8)5-6-10/h3,9H,4-7H2,1-2H3/t9-/m1/s1. The van der Waals surface area contributed by atoms with E-state index in [4.69, 9.17) is 0 Å². The quantitative estimate of drug-likeness (QED) is 0.449. The van der Waals surface area contributed by atoms with Crippen molar-refractivity contribution < 1.29 is 0 Å². The van der Waals surface area contributed by atoms with Crippen LogP contribution >= 0.6 is 0 Å². The van der Waals surface area contributed by atoms with E-state index in [-0.39, 0.29) is 0 Å². The van der Waals surface area contributed by atoms with E-state index in [1.165, 1.54) is 25.7 Å². The van der Waals surface area contributed by atoms with Crippen molar-refractivity contribution in [1.29, 1.82) is 0 Å². The van der Waals surface area contributed by atoms with Crippen molar-refractivity contribution in [1.82, 2.24) is 0 Å². The molecule has 0 aromatic carbocycles. The second-order valence-corrected chi connectivity index (χ2v) is 4.23. The van der Waals surface area contributed by atoms with Crippen molar-refractivity contribution in [2.45, 2.75) is 39.5 Å². The molecule has 2 rings (SSSR count). The molecule has 0 heteroatoms. The summed E-state index contributed by atoms with van der Waals surface area (Å²) in [5, 5.41) is 0. The van der Waals surface area contributed by atoms with Crippen molar-refractivity contribution in [3.63, 3.8) is 0 Å². The fourth-order valence-corrected chi connectivity index (χ4v) is 2.26. The summed E-state index contributed by atoms with van der Waals surface area (Å²) >= 11 is 0. The first-order chi connectivity index (χ1) is 4.73. The van der Waals surface area contributed by atoms with Gasteiger partial charge in [-0.2, -0.15) is 0 Å². The molecule has 1 fully saturated rings. The molecule has 1 spiro atoms. The lowest BCUT2D eigenvalue weighted by atomic mass is 9.78. The first-order valence-corrected chi connectivity index (χ1v) is 4.39. The van der Waals surface area contributed by atoms with Crippen LogP contribution in [0.25, 0.3) is 0 Å². The third-order valence-corrected chi connectivity index (χ3v) is 3.39. The van der Waals surface area contributed by atoms with Gasteiger partial charge in [0.15, 0.2) is 0 Å². The fraction of sp³-hybridized carbons (Fsp3) is 0.800. The van der Waals surface area contributed by atoms with E-state index in [0.717, 1.165) is 11.3 Å². The molecule has 0 aromatic heterocycles. The SMILES string of the molecule is CC1=CC[C@@H](C)C2(CC2)C1. The van der Waals surface area contributed by atoms with Crippen LogP contribution in [-0.4, -0.2) is 0 Å². The Morgan fingerprint density at radius 1 is 1.50 bits per heavy atom. The maximum atomic E-state index is 2.42. The van der Waals surface area contributed by atoms with Gasteiger partial charge in [0.2, 0.25) is 0 Å². The van der Waals surface area contributed by atoms with E-state index in [9.17, 15) is 0 Å². The molecule has 2 aliphatic carbocycles. The minimum atomic E-state index is 0.791. The molecule has 0 aromatic rings. The van der Waals surface area contributed by atoms with Crippen molar-refractivity contribution in [3.8, 4) is 0 Å². The lowest BCUT2D eigenvalue weighted by Gasteiger charge is -2.27. The molecule has 0 heterocycles. The second-order valence-electron chi connectivity index (χ2n) is 4.23. The smallest absolute Gasteiger partial charge is 0.0231 e. The highest BCUT2D eigenvalue weighted by Gasteiger charge is 2.47. The van der Waals surface area contributed by atoms with Gasteiger partial charge in [-0.1, -0.05) is 18.6 Å². The molecule has 0 N–H and O–H groups in total. The van der Waals surface area contributed by atoms with E-state index >= 15 is 0 Å². The van der Waals surface area contributed by atoms with Crippen molar-refractivity contribution in [3.05, 3.63) is 11.6 Å². The average molecular weight is 136 g/mol. The van der Waals surface area contributed by atoms with Crippen molar-refractivity contribution in [2.75, 3.05) is 0 Å². The fourth-order valence-electron chi connectivity index (χ4n) is 2.26. The third-order valence-electron chi connectivity index (χ3n) is 3.39. The third kappa shape index (κ3) is 0.817. The van der Waals surface area contributed by atoms with Crippen LogP contribution in [-0.2, 0) is 0 Å². The molecule has 56 valence electrons. The van der Waals surface area contributed by atoms with Crippen molar-refractivity contribution in [2.24, 2.45) is 11.3 Å². The summed E-state index contributed by atoms with van der Waals surface area (Å²) in [6.45, 7) is 4.70. The Hall–Kier alpha value is -0.260. The van der Waals surface area contributed by atoms with Crippen LogP contribution in [0.4, 0.5) is 0 Å². The molecule has 10 heavy (non-hydrogen) atoms. The van der Waals surface area contributed by atoms with Crippen molar-refractivity contribution >= 4 is 0 Å². The van der Waals surface area contributed by atoms with Gasteiger partial charge in [-0.15, -0.1) is 0 Å². The minimum absolute atomic E-state index is 0.791. The predicted molar refractivity (Wildman–Crippen MR) is 43.8 cm³/mol. The average Bonchev–Trinajstić information content (AvgIpc) is 2.62. The number of hydrogen-bond acceptors (Lipinski definition) is 0. The van der Waals surface area contributed by atoms with E-state index in [0.29, 0.717) is 0 Å². The topological polar surface area (TPSA) is 0 Å². The van der Waals surface area contributed by atoms with Crippen LogP contribution in [0.1, 0.15) is 39.5 Å². The minimum Gasteiger partial charge on any atom is -0.0853 e. The van der Waals surface area contributed by atoms with Gasteiger partial charge in [0.05, 0.1) is 0 Å². The Labute approximate surface area is 63.3 Å². The zero-order valence-corrected chi connectivity index (χ0v) is 6.98. The zero-order valence-electron chi connectivity index (χ0n) is 6.98. The first kappa shape index (κ1) is 6.45. The molecule has 0 aliphatic heterocycles. The molecule has 0 unspecified atom stereocenters. The Morgan fingerprint density at radius 2 is 2.20 bits per heavy atom. The van der Waals surface area contributed by atoms with Gasteiger partial charge in [0.1, 0.15) is 0 Å². The van der Waals surface area contributed by atoms with E-state index in [1.54, 1.807) is 5.57 Å². The van der Waals surface area contributed by atoms with Crippen LogP contribution in [0.15, 0.2) is 11.6 Å². The summed E-state index contributed by atoms with van der Waals surface area (Å²) in [7, 11) is 0. The van der Waals surface area contributed by atoms with Gasteiger partial charge < -0.3 is 0 Å². The van der Waals surface area contributed by atoms with E-state index in [2.05, 4.69) is 19.9 Å². The first-order valence-electron chi connectivity index (χ1n) is 4.39. The summed E-state index contributed by atoms with van der Waals surface area (Å²) < 4.78 is 0. The van der Waals surface area contributed by atoms with E-state index < -0.39 is 0 Å². The number of rotatable bonds is 0. The highest BCUT2D eigenvalue weighted by Crippen LogP contribution is 2.59. The summed E-state index contributed by atoms with van der Waals surface area (Å²) in [4.78, 5) is 0. The van der Waals surface area contributed by atoms with Gasteiger partial charge in [-0.25, -0.2) is 0 Å². The van der Waals surface area contributed by atoms with Gasteiger partial charge in [0, 0.05) is 0 Å². The number of hydrogen-bond donors (Lipinski definition) is 0. The van der Waals surface area contributed by atoms with Crippen LogP contribution in [0.2, 0.25) is 0 Å². The Balaban J connectivity index is 2.16. The van der Waals surface area contributed by atoms with E-state index in [1.807, 2.05) is 0 Å². The molecule has 0 amide bonds. The Bertz CT molecular complexity index is 172. The van der Waals surface area contributed by atoms with Gasteiger partial charge in [-0.05, 0) is 43.9 Å². The summed E-state index contributed by atoms with van der Waals surface area (Å²) in [5.41, 5.74) is 2.43. The molecular formula is C10H16. The van der Waals surface area contributed by atoms with Crippen LogP contribution in [0, 0.1) is 11.3 Å². The lowest BCUT2D eigenvalue weighted by Crippen LogP contribution is -2.16. The molecule has 0 saturated heterocycles. The largest absolute Gasteiger partial charge is 0.0853 e. The highest BCUT2D eigenvalue weighted by molar-refractivity contribution is 5.14. The lowest BCUT2D eigenvalue weighted by molar-refractivity contribution is 0.315. The molecule has 1 saturated carbocycles. The maximum absolute atomic E-state index is 2.42. The molecule has 0 radical (unpaired) electrons. The summed E-state index contributed by atoms with van der Waals surface area (Å²) in [6.07, 6.45) is 8.16. The summed E-state index contributed by atoms with van der Waals surface area (Å²) in [5.74, 6) is 0.969. The monoisotopic (exact) mass is 136 g/mol. The maximum Gasteiger partial charge on any atom is -0.0231 e. The highest BCUT2D eigenvalue weighted by atomic mass is 14.5. The van der Waals surface area contributed by atoms with Crippen LogP contribution < -0.4 is 0 Å². The Morgan fingerprint density at radius 3 is 2.70 bits per heavy atom. The normalized spacial score (nSPS) is 35.8. The predicted octanol–water partition coefficient (Wildman–Crippen LogP) is 3.14. The molecular weight excluding hydrogens is 120 g/mol. The molecule has 1 atom stereocenters. The summed E-state index contributed by atoms with van der Waals surface area (Å²) in [6, 6.07) is 0. The van der Waals surface area contributed by atoms with Gasteiger partial charge in [-0.3, -0.25) is 0 Å². The molecule has 0 bridgehead atoms. The Kier molecular flexibility index (Phi) is 1.21. The molecule has 2 aliphatic rings.